The lowest BCUT2D eigenvalue weighted by molar-refractivity contribution is 0.0827. The van der Waals surface area contributed by atoms with Gasteiger partial charge < -0.3 is 15.4 Å². The maximum atomic E-state index is 12.0. The Kier molecular flexibility index (Phi) is 4.42. The first-order chi connectivity index (χ1) is 12.0. The van der Waals surface area contributed by atoms with E-state index in [0.29, 0.717) is 34.9 Å². The van der Waals surface area contributed by atoms with Crippen LogP contribution in [0, 0.1) is 0 Å². The van der Waals surface area contributed by atoms with Crippen LogP contribution in [0.2, 0.25) is 0 Å². The van der Waals surface area contributed by atoms with Crippen molar-refractivity contribution in [3.63, 3.8) is 0 Å². The van der Waals surface area contributed by atoms with Gasteiger partial charge in [-0.1, -0.05) is 12.1 Å². The number of fused-ring (bicyclic) bond motifs is 1. The smallest absolute Gasteiger partial charge is 0.253 e. The monoisotopic (exact) mass is 338 g/mol. The third-order valence-corrected chi connectivity index (χ3v) is 3.51. The summed E-state index contributed by atoms with van der Waals surface area (Å²) in [6, 6.07) is 7.16. The second-order valence-electron chi connectivity index (χ2n) is 5.52. The fourth-order valence-corrected chi connectivity index (χ4v) is 2.32. The highest BCUT2D eigenvalue weighted by atomic mass is 16.5. The zero-order valence-corrected chi connectivity index (χ0v) is 14.2. The predicted molar refractivity (Wildman–Crippen MR) is 94.2 cm³/mol. The number of aromatic nitrogens is 4. The normalized spacial score (nSPS) is 10.7. The Bertz CT molecular complexity index is 924. The van der Waals surface area contributed by atoms with E-state index in [0.717, 1.165) is 5.56 Å². The number of benzene rings is 1. The topological polar surface area (TPSA) is 107 Å². The van der Waals surface area contributed by atoms with Crippen LogP contribution in [0.5, 0.6) is 5.88 Å². The maximum absolute atomic E-state index is 12.0. The molecule has 2 heterocycles. The van der Waals surface area contributed by atoms with E-state index < -0.39 is 0 Å². The molecule has 1 amide bonds. The lowest BCUT2D eigenvalue weighted by atomic mass is 10.1. The molecule has 2 N–H and O–H groups in total. The number of nitrogens with zero attached hydrogens (tertiary/aromatic N) is 5. The number of hydrogen-bond donors (Lipinski definition) is 1. The molecule has 25 heavy (non-hydrogen) atoms. The Balaban J connectivity index is 2.03. The third kappa shape index (κ3) is 3.32. The number of ether oxygens (including phenoxy) is 1. The molecule has 0 saturated heterocycles. The van der Waals surface area contributed by atoms with Crippen LogP contribution in [0.15, 0.2) is 30.5 Å². The molecule has 0 atom stereocenters. The maximum Gasteiger partial charge on any atom is 0.253 e. The highest BCUT2D eigenvalue weighted by Crippen LogP contribution is 2.24. The Morgan fingerprint density at radius 3 is 2.52 bits per heavy atom. The first-order valence-corrected chi connectivity index (χ1v) is 7.74. The fourth-order valence-electron chi connectivity index (χ4n) is 2.32. The standard InChI is InChI=1S/C17H18N6O2/c1-4-25-15-13-14(21-17(18)22-15)19-9-12(20-13)10-5-7-11(8-6-10)16(24)23(2)3/h5-9H,4H2,1-3H3,(H2,18,19,21,22). The molecule has 3 aromatic rings. The zero-order chi connectivity index (χ0) is 18.0. The number of nitrogen functional groups attached to an aromatic ring is 1. The van der Waals surface area contributed by atoms with Crippen LogP contribution in [0.4, 0.5) is 5.95 Å². The second-order valence-corrected chi connectivity index (χ2v) is 5.52. The van der Waals surface area contributed by atoms with Crippen LogP contribution in [0.25, 0.3) is 22.4 Å². The van der Waals surface area contributed by atoms with Crippen molar-refractivity contribution in [3.05, 3.63) is 36.0 Å². The Morgan fingerprint density at radius 2 is 1.88 bits per heavy atom. The lowest BCUT2D eigenvalue weighted by Crippen LogP contribution is -2.21. The van der Waals surface area contributed by atoms with Gasteiger partial charge in [-0.25, -0.2) is 9.97 Å². The van der Waals surface area contributed by atoms with Crippen molar-refractivity contribution in [1.82, 2.24) is 24.8 Å². The molecule has 8 heteroatoms. The van der Waals surface area contributed by atoms with Crippen molar-refractivity contribution < 1.29 is 9.53 Å². The SMILES string of the molecule is CCOc1nc(N)nc2ncc(-c3ccc(C(=O)N(C)C)cc3)nc12. The summed E-state index contributed by atoms with van der Waals surface area (Å²) in [7, 11) is 3.43. The molecule has 0 aliphatic heterocycles. The molecule has 0 aliphatic rings. The largest absolute Gasteiger partial charge is 0.476 e. The van der Waals surface area contributed by atoms with E-state index in [1.54, 1.807) is 32.4 Å². The summed E-state index contributed by atoms with van der Waals surface area (Å²) in [6.07, 6.45) is 1.60. The van der Waals surface area contributed by atoms with Gasteiger partial charge in [0.05, 0.1) is 18.5 Å². The molecule has 0 radical (unpaired) electrons. The molecular formula is C17H18N6O2. The molecule has 1 aromatic carbocycles. The number of carbonyl (C=O) groups is 1. The summed E-state index contributed by atoms with van der Waals surface area (Å²) in [5.74, 6) is 0.335. The van der Waals surface area contributed by atoms with E-state index in [1.807, 2.05) is 19.1 Å². The first kappa shape index (κ1) is 16.6. The van der Waals surface area contributed by atoms with Gasteiger partial charge in [0.1, 0.15) is 0 Å². The summed E-state index contributed by atoms with van der Waals surface area (Å²) >= 11 is 0. The molecule has 128 valence electrons. The molecular weight excluding hydrogens is 320 g/mol. The molecule has 3 rings (SSSR count). The van der Waals surface area contributed by atoms with Gasteiger partial charge in [0, 0.05) is 25.2 Å². The molecule has 2 aromatic heterocycles. The molecule has 8 nitrogen and oxygen atoms in total. The Labute approximate surface area is 144 Å². The van der Waals surface area contributed by atoms with Gasteiger partial charge in [-0.2, -0.15) is 9.97 Å². The number of carbonyl (C=O) groups excluding carboxylic acids is 1. The van der Waals surface area contributed by atoms with Gasteiger partial charge in [-0.15, -0.1) is 0 Å². The highest BCUT2D eigenvalue weighted by molar-refractivity contribution is 5.94. The molecule has 0 aliphatic carbocycles. The second kappa shape index (κ2) is 6.68. The molecule has 0 saturated carbocycles. The minimum absolute atomic E-state index is 0.0568. The van der Waals surface area contributed by atoms with E-state index in [1.165, 1.54) is 4.90 Å². The summed E-state index contributed by atoms with van der Waals surface area (Å²) in [5, 5.41) is 0. The molecule has 0 spiro atoms. The van der Waals surface area contributed by atoms with Crippen molar-refractivity contribution in [2.75, 3.05) is 26.4 Å². The number of nitrogens with two attached hydrogens (primary N) is 1. The van der Waals surface area contributed by atoms with Crippen molar-refractivity contribution in [3.8, 4) is 17.1 Å². The Morgan fingerprint density at radius 1 is 1.16 bits per heavy atom. The van der Waals surface area contributed by atoms with Crippen LogP contribution in [-0.2, 0) is 0 Å². The highest BCUT2D eigenvalue weighted by Gasteiger charge is 2.13. The number of anilines is 1. The zero-order valence-electron chi connectivity index (χ0n) is 14.2. The van der Waals surface area contributed by atoms with E-state index in [9.17, 15) is 4.79 Å². The van der Waals surface area contributed by atoms with Gasteiger partial charge in [0.25, 0.3) is 5.91 Å². The quantitative estimate of drug-likeness (QED) is 0.772. The van der Waals surface area contributed by atoms with E-state index in [2.05, 4.69) is 19.9 Å². The van der Waals surface area contributed by atoms with Crippen LogP contribution in [0.1, 0.15) is 17.3 Å². The van der Waals surface area contributed by atoms with Crippen molar-refractivity contribution >= 4 is 23.0 Å². The van der Waals surface area contributed by atoms with Crippen LogP contribution < -0.4 is 10.5 Å². The van der Waals surface area contributed by atoms with E-state index >= 15 is 0 Å². The average molecular weight is 338 g/mol. The first-order valence-electron chi connectivity index (χ1n) is 7.74. The van der Waals surface area contributed by atoms with Crippen molar-refractivity contribution in [1.29, 1.82) is 0 Å². The summed E-state index contributed by atoms with van der Waals surface area (Å²) in [5.41, 5.74) is 8.55. The fraction of sp³-hybridized carbons (Fsp3) is 0.235. The summed E-state index contributed by atoms with van der Waals surface area (Å²) in [6.45, 7) is 2.28. The number of rotatable bonds is 4. The lowest BCUT2D eigenvalue weighted by Gasteiger charge is -2.11. The molecule has 0 unspecified atom stereocenters. The number of amides is 1. The third-order valence-electron chi connectivity index (χ3n) is 3.51. The van der Waals surface area contributed by atoms with E-state index in [-0.39, 0.29) is 11.9 Å². The van der Waals surface area contributed by atoms with Crippen LogP contribution in [0.3, 0.4) is 0 Å². The van der Waals surface area contributed by atoms with Crippen LogP contribution in [-0.4, -0.2) is 51.4 Å². The predicted octanol–water partition coefficient (Wildman–Crippen LogP) is 1.77. The van der Waals surface area contributed by atoms with Crippen LogP contribution >= 0.6 is 0 Å². The summed E-state index contributed by atoms with van der Waals surface area (Å²) < 4.78 is 5.48. The van der Waals surface area contributed by atoms with Crippen molar-refractivity contribution in [2.24, 2.45) is 0 Å². The van der Waals surface area contributed by atoms with Gasteiger partial charge in [-0.05, 0) is 19.1 Å². The van der Waals surface area contributed by atoms with Gasteiger partial charge in [-0.3, -0.25) is 4.79 Å². The van der Waals surface area contributed by atoms with Gasteiger partial charge in [0.2, 0.25) is 11.8 Å². The summed E-state index contributed by atoms with van der Waals surface area (Å²) in [4.78, 5) is 30.5. The average Bonchev–Trinajstić information content (AvgIpc) is 2.61. The van der Waals surface area contributed by atoms with Gasteiger partial charge >= 0.3 is 0 Å². The minimum atomic E-state index is -0.0568. The molecule has 0 bridgehead atoms. The van der Waals surface area contributed by atoms with Gasteiger partial charge in [0.15, 0.2) is 11.2 Å². The van der Waals surface area contributed by atoms with E-state index in [4.69, 9.17) is 10.5 Å². The minimum Gasteiger partial charge on any atom is -0.476 e. The van der Waals surface area contributed by atoms with Crippen molar-refractivity contribution in [2.45, 2.75) is 6.92 Å². The Hall–Kier alpha value is -3.29. The molecule has 0 fully saturated rings. The number of hydrogen-bond acceptors (Lipinski definition) is 7.